The smallest absolute Gasteiger partial charge is 0.159 e. The molecule has 268 valence electrons. The molecule has 7 rings (SSSR count). The van der Waals surface area contributed by atoms with Crippen LogP contribution in [0.1, 0.15) is 125 Å². The first-order valence-corrected chi connectivity index (χ1v) is 19.2. The predicted molar refractivity (Wildman–Crippen MR) is 185 cm³/mol. The van der Waals surface area contributed by atoms with Gasteiger partial charge in [-0.25, -0.2) is 0 Å². The Kier molecular flexibility index (Phi) is 8.44. The summed E-state index contributed by atoms with van der Waals surface area (Å²) in [5.41, 5.74) is 3.07. The summed E-state index contributed by atoms with van der Waals surface area (Å²) in [4.78, 5) is 14.1. The molecule has 0 aromatic rings. The average Bonchev–Trinajstić information content (AvgIpc) is 3.81. The maximum absolute atomic E-state index is 14.1. The molecule has 8 nitrogen and oxygen atoms in total. The van der Waals surface area contributed by atoms with Crippen LogP contribution in [0.2, 0.25) is 0 Å². The standard InChI is InChI=1S/C40H62N2O6/c1-35(2,16-11-24-15-20-42-32(41)21-24)38(5,46)34-33(48-34)37(4,45)31-14-19-40(47)28-23-30(44)29-22-26(43)12-18-39(29,25-9-7-6-8-10-25)27(28)13-17-36(31,40)3/h15,21,23,25-27,29,31,33-34,42-43,45-47H,6-14,16-20,22,41H2,1-5H3/t26-,27-,29-,31-,33-,34-,36+,37+,38-,39-,40+/m0/s1. The summed E-state index contributed by atoms with van der Waals surface area (Å²) >= 11 is 0. The van der Waals surface area contributed by atoms with Crippen molar-refractivity contribution in [3.63, 3.8) is 0 Å². The molecule has 4 saturated carbocycles. The molecule has 0 amide bonds. The van der Waals surface area contributed by atoms with Gasteiger partial charge in [0.2, 0.25) is 0 Å². The maximum atomic E-state index is 14.1. The zero-order valence-corrected chi connectivity index (χ0v) is 30.1. The van der Waals surface area contributed by atoms with E-state index in [1.807, 2.05) is 19.9 Å². The van der Waals surface area contributed by atoms with Crippen LogP contribution in [-0.2, 0) is 9.53 Å². The van der Waals surface area contributed by atoms with E-state index in [0.29, 0.717) is 37.5 Å². The number of hydrogen-bond acceptors (Lipinski definition) is 8. The molecule has 0 bridgehead atoms. The van der Waals surface area contributed by atoms with E-state index in [9.17, 15) is 25.2 Å². The minimum atomic E-state index is -1.27. The largest absolute Gasteiger partial charge is 0.393 e. The summed E-state index contributed by atoms with van der Waals surface area (Å²) in [6.45, 7) is 10.7. The van der Waals surface area contributed by atoms with Gasteiger partial charge in [-0.2, -0.15) is 0 Å². The summed E-state index contributed by atoms with van der Waals surface area (Å²) in [5, 5.41) is 51.3. The van der Waals surface area contributed by atoms with Crippen molar-refractivity contribution in [1.82, 2.24) is 5.32 Å². The van der Waals surface area contributed by atoms with E-state index < -0.39 is 45.9 Å². The second-order valence-corrected chi connectivity index (χ2v) is 18.4. The van der Waals surface area contributed by atoms with E-state index in [0.717, 1.165) is 62.5 Å². The Labute approximate surface area is 287 Å². The molecule has 7 aliphatic rings. The van der Waals surface area contributed by atoms with Crippen LogP contribution in [0.25, 0.3) is 0 Å². The number of nitrogens with one attached hydrogen (secondary N) is 1. The van der Waals surface area contributed by atoms with Crippen LogP contribution in [0.15, 0.2) is 35.2 Å². The van der Waals surface area contributed by atoms with E-state index in [4.69, 9.17) is 10.5 Å². The Morgan fingerprint density at radius 2 is 1.69 bits per heavy atom. The van der Waals surface area contributed by atoms with Gasteiger partial charge in [-0.05, 0) is 136 Å². The SMILES string of the molecule is CC(C)(CCC1=CCNC(N)=C1)[C@@](C)(O)[C@H]1O[C@@H]1[C@](C)(O)[C@H]1CC[C@@]2(O)C3=CC(=O)[C@@H]4C[C@@H](O)CC[C@]4(C4CCCCC4)[C@H]3CC[C@]12C. The molecule has 0 aromatic heterocycles. The molecule has 1 saturated heterocycles. The van der Waals surface area contributed by atoms with Crippen molar-refractivity contribution in [3.8, 4) is 0 Å². The topological polar surface area (TPSA) is 149 Å². The minimum Gasteiger partial charge on any atom is -0.393 e. The van der Waals surface area contributed by atoms with Gasteiger partial charge in [0, 0.05) is 17.9 Å². The van der Waals surface area contributed by atoms with Crippen LogP contribution in [0.3, 0.4) is 0 Å². The van der Waals surface area contributed by atoms with Gasteiger partial charge in [-0.15, -0.1) is 0 Å². The molecule has 7 N–H and O–H groups in total. The van der Waals surface area contributed by atoms with Gasteiger partial charge in [0.05, 0.1) is 28.7 Å². The van der Waals surface area contributed by atoms with Crippen molar-refractivity contribution in [2.45, 2.75) is 160 Å². The number of fused-ring (bicyclic) bond motifs is 5. The Balaban J connectivity index is 1.13. The second kappa shape index (κ2) is 11.7. The summed E-state index contributed by atoms with van der Waals surface area (Å²) in [5.74, 6) is 0.903. The number of nitrogens with two attached hydrogens (primary N) is 1. The average molecular weight is 667 g/mol. The van der Waals surface area contributed by atoms with Crippen molar-refractivity contribution in [2.24, 2.45) is 45.7 Å². The molecule has 48 heavy (non-hydrogen) atoms. The van der Waals surface area contributed by atoms with Gasteiger partial charge < -0.3 is 36.2 Å². The molecule has 2 heterocycles. The summed E-state index contributed by atoms with van der Waals surface area (Å²) in [7, 11) is 0. The molecule has 11 atom stereocenters. The molecule has 5 aliphatic carbocycles. The van der Waals surface area contributed by atoms with Crippen molar-refractivity contribution in [2.75, 3.05) is 6.54 Å². The van der Waals surface area contributed by atoms with Crippen LogP contribution in [0.4, 0.5) is 0 Å². The number of rotatable bonds is 8. The number of epoxide rings is 1. The van der Waals surface area contributed by atoms with E-state index in [-0.39, 0.29) is 29.0 Å². The normalized spacial score (nSPS) is 44.1. The number of dihydropyridines is 1. The first-order chi connectivity index (χ1) is 22.5. The van der Waals surface area contributed by atoms with Crippen molar-refractivity contribution in [1.29, 1.82) is 0 Å². The van der Waals surface area contributed by atoms with Crippen LogP contribution in [0.5, 0.6) is 0 Å². The van der Waals surface area contributed by atoms with Crippen LogP contribution < -0.4 is 11.1 Å². The predicted octanol–water partition coefficient (Wildman–Crippen LogP) is 5.19. The first kappa shape index (κ1) is 34.7. The highest BCUT2D eigenvalue weighted by atomic mass is 16.6. The molecule has 0 spiro atoms. The Morgan fingerprint density at radius 3 is 2.40 bits per heavy atom. The summed E-state index contributed by atoms with van der Waals surface area (Å²) < 4.78 is 6.28. The van der Waals surface area contributed by atoms with Gasteiger partial charge in [-0.1, -0.05) is 46.1 Å². The van der Waals surface area contributed by atoms with Crippen LogP contribution in [-0.4, -0.2) is 67.9 Å². The number of carbonyl (C=O) groups is 1. The third-order valence-electron chi connectivity index (χ3n) is 15.8. The number of aliphatic hydroxyl groups excluding tert-OH is 1. The molecule has 0 unspecified atom stereocenters. The monoisotopic (exact) mass is 666 g/mol. The number of aliphatic hydroxyl groups is 4. The number of carbonyl (C=O) groups excluding carboxylic acids is 1. The lowest BCUT2D eigenvalue weighted by Crippen LogP contribution is -2.63. The van der Waals surface area contributed by atoms with Crippen molar-refractivity contribution in [3.05, 3.63) is 35.2 Å². The van der Waals surface area contributed by atoms with Gasteiger partial charge in [0.15, 0.2) is 5.78 Å². The third-order valence-corrected chi connectivity index (χ3v) is 15.8. The fourth-order valence-electron chi connectivity index (χ4n) is 12.4. The van der Waals surface area contributed by atoms with E-state index in [1.165, 1.54) is 19.3 Å². The van der Waals surface area contributed by atoms with Gasteiger partial charge in [0.25, 0.3) is 0 Å². The van der Waals surface area contributed by atoms with Crippen molar-refractivity contribution >= 4 is 5.78 Å². The second-order valence-electron chi connectivity index (χ2n) is 18.4. The summed E-state index contributed by atoms with van der Waals surface area (Å²) in [6, 6.07) is 0. The number of ether oxygens (including phenoxy) is 1. The lowest BCUT2D eigenvalue weighted by molar-refractivity contribution is -0.165. The third kappa shape index (κ3) is 5.04. The number of ketones is 1. The van der Waals surface area contributed by atoms with Gasteiger partial charge >= 0.3 is 0 Å². The molecule has 5 fully saturated rings. The zero-order chi connectivity index (χ0) is 34.5. The Hall–Kier alpha value is -1.71. The fraction of sp³-hybridized carbons (Fsp3) is 0.825. The number of hydrogen-bond donors (Lipinski definition) is 6. The lowest BCUT2D eigenvalue weighted by Gasteiger charge is -2.63. The molecule has 8 heteroatoms. The molecule has 0 radical (unpaired) electrons. The molecule has 2 aliphatic heterocycles. The van der Waals surface area contributed by atoms with E-state index in [2.05, 4.69) is 32.2 Å². The van der Waals surface area contributed by atoms with Crippen molar-refractivity contribution < 1.29 is 30.0 Å². The zero-order valence-electron chi connectivity index (χ0n) is 30.1. The highest BCUT2D eigenvalue weighted by Crippen LogP contribution is 2.71. The maximum Gasteiger partial charge on any atom is 0.159 e. The minimum absolute atomic E-state index is 0.0979. The van der Waals surface area contributed by atoms with Crippen LogP contribution >= 0.6 is 0 Å². The summed E-state index contributed by atoms with van der Waals surface area (Å²) in [6.07, 6.45) is 16.7. The Bertz CT molecular complexity index is 1390. The molecule has 0 aromatic carbocycles. The highest BCUT2D eigenvalue weighted by molar-refractivity contribution is 5.95. The highest BCUT2D eigenvalue weighted by Gasteiger charge is 2.73. The fourth-order valence-corrected chi connectivity index (χ4v) is 12.4. The van der Waals surface area contributed by atoms with E-state index >= 15 is 0 Å². The molecular formula is C40H62N2O6. The van der Waals surface area contributed by atoms with Gasteiger partial charge in [-0.3, -0.25) is 4.79 Å². The van der Waals surface area contributed by atoms with Gasteiger partial charge in [0.1, 0.15) is 12.2 Å². The van der Waals surface area contributed by atoms with Crippen LogP contribution in [0, 0.1) is 39.9 Å². The molecular weight excluding hydrogens is 604 g/mol. The first-order valence-electron chi connectivity index (χ1n) is 19.2. The quantitative estimate of drug-likeness (QED) is 0.194. The Morgan fingerprint density at radius 1 is 0.958 bits per heavy atom. The number of allylic oxidation sites excluding steroid dienone is 3. The van der Waals surface area contributed by atoms with E-state index in [1.54, 1.807) is 6.08 Å². The lowest BCUT2D eigenvalue weighted by atomic mass is 9.42.